The quantitative estimate of drug-likeness (QED) is 0.293. The number of aryl methyl sites for hydroxylation is 1. The van der Waals surface area contributed by atoms with Gasteiger partial charge in [0.15, 0.2) is 5.96 Å². The summed E-state index contributed by atoms with van der Waals surface area (Å²) in [6, 6.07) is 8.07. The van der Waals surface area contributed by atoms with Crippen LogP contribution in [0.1, 0.15) is 18.9 Å². The SMILES string of the molecule is CN=C(NCCCOC)NCC(C)Oc1cccc(C)c1.I. The highest BCUT2D eigenvalue weighted by Gasteiger charge is 2.05. The number of nitrogens with zero attached hydrogens (tertiary/aromatic N) is 1. The number of guanidine groups is 1. The highest BCUT2D eigenvalue weighted by atomic mass is 127. The number of ether oxygens (including phenoxy) is 2. The van der Waals surface area contributed by atoms with Crippen molar-refractivity contribution in [3.05, 3.63) is 29.8 Å². The van der Waals surface area contributed by atoms with Crippen LogP contribution in [0.5, 0.6) is 5.75 Å². The Morgan fingerprint density at radius 2 is 2.09 bits per heavy atom. The molecule has 1 rings (SSSR count). The van der Waals surface area contributed by atoms with Crippen molar-refractivity contribution in [1.29, 1.82) is 0 Å². The summed E-state index contributed by atoms with van der Waals surface area (Å²) < 4.78 is 10.9. The van der Waals surface area contributed by atoms with Crippen molar-refractivity contribution in [2.45, 2.75) is 26.4 Å². The summed E-state index contributed by atoms with van der Waals surface area (Å²) in [5, 5.41) is 6.49. The number of methoxy groups -OCH3 is 1. The molecule has 0 aliphatic carbocycles. The molecule has 0 amide bonds. The van der Waals surface area contributed by atoms with Crippen molar-refractivity contribution in [2.75, 3.05) is 33.9 Å². The third-order valence-electron chi connectivity index (χ3n) is 2.93. The average molecular weight is 421 g/mol. The molecule has 0 aliphatic rings. The number of aliphatic imine (C=N–C) groups is 1. The second kappa shape index (κ2) is 12.5. The molecule has 0 fully saturated rings. The van der Waals surface area contributed by atoms with Crippen LogP contribution in [-0.4, -0.2) is 45.9 Å². The molecule has 0 bridgehead atoms. The summed E-state index contributed by atoms with van der Waals surface area (Å²) in [7, 11) is 3.47. The van der Waals surface area contributed by atoms with Crippen LogP contribution in [0.15, 0.2) is 29.3 Å². The van der Waals surface area contributed by atoms with Crippen molar-refractivity contribution in [3.8, 4) is 5.75 Å². The Labute approximate surface area is 150 Å². The Bertz CT molecular complexity index is 441. The molecular formula is C16H28IN3O2. The predicted molar refractivity (Wildman–Crippen MR) is 103 cm³/mol. The van der Waals surface area contributed by atoms with Crippen molar-refractivity contribution < 1.29 is 9.47 Å². The minimum Gasteiger partial charge on any atom is -0.489 e. The molecule has 1 aromatic carbocycles. The van der Waals surface area contributed by atoms with Gasteiger partial charge < -0.3 is 20.1 Å². The molecule has 0 radical (unpaired) electrons. The third kappa shape index (κ3) is 9.09. The highest BCUT2D eigenvalue weighted by molar-refractivity contribution is 14.0. The molecular weight excluding hydrogens is 393 g/mol. The molecule has 1 unspecified atom stereocenters. The number of hydrogen-bond acceptors (Lipinski definition) is 3. The monoisotopic (exact) mass is 421 g/mol. The summed E-state index contributed by atoms with van der Waals surface area (Å²) in [5.41, 5.74) is 1.20. The van der Waals surface area contributed by atoms with E-state index < -0.39 is 0 Å². The van der Waals surface area contributed by atoms with E-state index in [2.05, 4.69) is 28.6 Å². The van der Waals surface area contributed by atoms with Crippen molar-refractivity contribution >= 4 is 29.9 Å². The summed E-state index contributed by atoms with van der Waals surface area (Å²) in [6.45, 7) is 6.37. The van der Waals surface area contributed by atoms with Crippen molar-refractivity contribution in [1.82, 2.24) is 10.6 Å². The molecule has 22 heavy (non-hydrogen) atoms. The van der Waals surface area contributed by atoms with E-state index >= 15 is 0 Å². The molecule has 0 heterocycles. The Hall–Kier alpha value is -1.02. The summed E-state index contributed by atoms with van der Waals surface area (Å²) >= 11 is 0. The van der Waals surface area contributed by atoms with Gasteiger partial charge in [0.25, 0.3) is 0 Å². The van der Waals surface area contributed by atoms with E-state index in [1.165, 1.54) is 5.56 Å². The lowest BCUT2D eigenvalue weighted by atomic mass is 10.2. The summed E-state index contributed by atoms with van der Waals surface area (Å²) in [5.74, 6) is 1.68. The first-order valence-corrected chi connectivity index (χ1v) is 7.32. The zero-order valence-electron chi connectivity index (χ0n) is 13.9. The van der Waals surface area contributed by atoms with Gasteiger partial charge >= 0.3 is 0 Å². The maximum absolute atomic E-state index is 5.87. The number of hydrogen-bond donors (Lipinski definition) is 2. The van der Waals surface area contributed by atoms with Gasteiger partial charge in [0.1, 0.15) is 11.9 Å². The average Bonchev–Trinajstić information content (AvgIpc) is 2.46. The van der Waals surface area contributed by atoms with E-state index in [1.807, 2.05) is 25.1 Å². The zero-order valence-corrected chi connectivity index (χ0v) is 16.2. The topological polar surface area (TPSA) is 54.9 Å². The number of rotatable bonds is 8. The normalized spacial score (nSPS) is 12.3. The number of halogens is 1. The molecule has 0 aromatic heterocycles. The van der Waals surface area contributed by atoms with Gasteiger partial charge in [-0.3, -0.25) is 4.99 Å². The zero-order chi connectivity index (χ0) is 15.5. The van der Waals surface area contributed by atoms with Gasteiger partial charge in [0.05, 0.1) is 6.54 Å². The standard InChI is InChI=1S/C16H27N3O2.HI/c1-13-7-5-8-15(11-13)21-14(2)12-19-16(17-3)18-9-6-10-20-4;/h5,7-8,11,14H,6,9-10,12H2,1-4H3,(H2,17,18,19);1H. The first-order chi connectivity index (χ1) is 10.2. The van der Waals surface area contributed by atoms with Crippen LogP contribution in [0.25, 0.3) is 0 Å². The fraction of sp³-hybridized carbons (Fsp3) is 0.562. The van der Waals surface area contributed by atoms with E-state index in [9.17, 15) is 0 Å². The molecule has 5 nitrogen and oxygen atoms in total. The molecule has 0 saturated carbocycles. The molecule has 6 heteroatoms. The lowest BCUT2D eigenvalue weighted by molar-refractivity contribution is 0.195. The fourth-order valence-electron chi connectivity index (χ4n) is 1.85. The van der Waals surface area contributed by atoms with Gasteiger partial charge in [-0.25, -0.2) is 0 Å². The Morgan fingerprint density at radius 3 is 2.73 bits per heavy atom. The summed E-state index contributed by atoms with van der Waals surface area (Å²) in [4.78, 5) is 4.18. The van der Waals surface area contributed by atoms with Gasteiger partial charge in [0, 0.05) is 27.3 Å². The maximum Gasteiger partial charge on any atom is 0.191 e. The minimum absolute atomic E-state index is 0. The van der Waals surface area contributed by atoms with Crippen LogP contribution >= 0.6 is 24.0 Å². The molecule has 1 aromatic rings. The predicted octanol–water partition coefficient (Wildman–Crippen LogP) is 2.58. The van der Waals surface area contributed by atoms with Crippen LogP contribution in [0, 0.1) is 6.92 Å². The maximum atomic E-state index is 5.87. The number of benzene rings is 1. The van der Waals surface area contributed by atoms with E-state index in [0.29, 0.717) is 6.54 Å². The van der Waals surface area contributed by atoms with E-state index in [1.54, 1.807) is 14.2 Å². The molecule has 1 atom stereocenters. The minimum atomic E-state index is 0. The van der Waals surface area contributed by atoms with Crippen molar-refractivity contribution in [3.63, 3.8) is 0 Å². The summed E-state index contributed by atoms with van der Waals surface area (Å²) in [6.07, 6.45) is 1.01. The highest BCUT2D eigenvalue weighted by Crippen LogP contribution is 2.13. The second-order valence-corrected chi connectivity index (χ2v) is 4.97. The van der Waals surface area contributed by atoms with Gasteiger partial charge in [-0.1, -0.05) is 12.1 Å². The van der Waals surface area contributed by atoms with Crippen LogP contribution < -0.4 is 15.4 Å². The molecule has 0 aliphatic heterocycles. The Kier molecular flexibility index (Phi) is 11.9. The van der Waals surface area contributed by atoms with E-state index in [0.717, 1.165) is 31.3 Å². The lowest BCUT2D eigenvalue weighted by Crippen LogP contribution is -2.42. The first-order valence-electron chi connectivity index (χ1n) is 7.32. The van der Waals surface area contributed by atoms with Crippen LogP contribution in [-0.2, 0) is 4.74 Å². The Balaban J connectivity index is 0.00000441. The van der Waals surface area contributed by atoms with Crippen molar-refractivity contribution in [2.24, 2.45) is 4.99 Å². The second-order valence-electron chi connectivity index (χ2n) is 4.97. The molecule has 126 valence electrons. The van der Waals surface area contributed by atoms with Crippen LogP contribution in [0.3, 0.4) is 0 Å². The van der Waals surface area contributed by atoms with Crippen LogP contribution in [0.2, 0.25) is 0 Å². The molecule has 0 spiro atoms. The third-order valence-corrected chi connectivity index (χ3v) is 2.93. The van der Waals surface area contributed by atoms with Gasteiger partial charge in [-0.2, -0.15) is 0 Å². The smallest absolute Gasteiger partial charge is 0.191 e. The van der Waals surface area contributed by atoms with Crippen LogP contribution in [0.4, 0.5) is 0 Å². The molecule has 2 N–H and O–H groups in total. The lowest BCUT2D eigenvalue weighted by Gasteiger charge is -2.18. The number of nitrogens with one attached hydrogen (secondary N) is 2. The Morgan fingerprint density at radius 1 is 1.32 bits per heavy atom. The molecule has 0 saturated heterocycles. The van der Waals surface area contributed by atoms with E-state index in [-0.39, 0.29) is 30.1 Å². The van der Waals surface area contributed by atoms with E-state index in [4.69, 9.17) is 9.47 Å². The van der Waals surface area contributed by atoms with Gasteiger partial charge in [-0.15, -0.1) is 24.0 Å². The van der Waals surface area contributed by atoms with Gasteiger partial charge in [0.2, 0.25) is 0 Å². The largest absolute Gasteiger partial charge is 0.489 e. The first kappa shape index (κ1) is 21.0. The fourth-order valence-corrected chi connectivity index (χ4v) is 1.85. The van der Waals surface area contributed by atoms with Gasteiger partial charge in [-0.05, 0) is 38.0 Å².